The summed E-state index contributed by atoms with van der Waals surface area (Å²) >= 11 is 6.15. The number of ether oxygens (including phenoxy) is 2. The van der Waals surface area contributed by atoms with Crippen molar-refractivity contribution in [1.82, 2.24) is 0 Å². The smallest absolute Gasteiger partial charge is 0.161 e. The highest BCUT2D eigenvalue weighted by molar-refractivity contribution is 6.31. The van der Waals surface area contributed by atoms with Crippen molar-refractivity contribution in [3.63, 3.8) is 0 Å². The van der Waals surface area contributed by atoms with Crippen LogP contribution in [0.1, 0.15) is 23.5 Å². The van der Waals surface area contributed by atoms with Crippen LogP contribution < -0.4 is 9.47 Å². The quantitative estimate of drug-likeness (QED) is 0.773. The second kappa shape index (κ2) is 7.72. The average molecular weight is 316 g/mol. The topological polar surface area (TPSA) is 42.2 Å². The predicted octanol–water partition coefficient (Wildman–Crippen LogP) is 4.73. The Morgan fingerprint density at radius 2 is 1.95 bits per heavy atom. The summed E-state index contributed by atoms with van der Waals surface area (Å²) in [4.78, 5) is 0. The maximum absolute atomic E-state index is 9.35. The van der Waals surface area contributed by atoms with E-state index in [1.807, 2.05) is 43.3 Å². The van der Waals surface area contributed by atoms with Gasteiger partial charge >= 0.3 is 0 Å². The van der Waals surface area contributed by atoms with Crippen molar-refractivity contribution in [2.24, 2.45) is 0 Å². The lowest BCUT2D eigenvalue weighted by Crippen LogP contribution is -2.06. The third-order valence-corrected chi connectivity index (χ3v) is 3.76. The Balaban J connectivity index is 2.01. The number of benzene rings is 2. The zero-order valence-electron chi connectivity index (χ0n) is 12.7. The standard InChI is InChI=1S/C18H18ClNO2/c1-13-7-8-17(18(11-13)21-2)22-10-9-14(12-20)15-5-3-4-6-16(15)19/h3-8,11,14H,9-10H2,1-2H3. The summed E-state index contributed by atoms with van der Waals surface area (Å²) in [5.41, 5.74) is 1.95. The van der Waals surface area contributed by atoms with Gasteiger partial charge in [-0.2, -0.15) is 5.26 Å². The van der Waals surface area contributed by atoms with Gasteiger partial charge in [0.05, 0.1) is 25.7 Å². The van der Waals surface area contributed by atoms with Crippen molar-refractivity contribution in [1.29, 1.82) is 5.26 Å². The van der Waals surface area contributed by atoms with E-state index in [0.29, 0.717) is 29.5 Å². The van der Waals surface area contributed by atoms with Gasteiger partial charge in [-0.15, -0.1) is 0 Å². The first-order valence-electron chi connectivity index (χ1n) is 7.07. The van der Waals surface area contributed by atoms with E-state index in [0.717, 1.165) is 11.1 Å². The van der Waals surface area contributed by atoms with Crippen LogP contribution in [0, 0.1) is 18.3 Å². The molecule has 2 rings (SSSR count). The summed E-state index contributed by atoms with van der Waals surface area (Å²) < 4.78 is 11.1. The van der Waals surface area contributed by atoms with Crippen LogP contribution in [0.3, 0.4) is 0 Å². The van der Waals surface area contributed by atoms with E-state index in [9.17, 15) is 5.26 Å². The molecule has 22 heavy (non-hydrogen) atoms. The molecule has 1 atom stereocenters. The van der Waals surface area contributed by atoms with Crippen molar-refractivity contribution < 1.29 is 9.47 Å². The molecule has 0 aliphatic heterocycles. The van der Waals surface area contributed by atoms with Crippen LogP contribution in [-0.4, -0.2) is 13.7 Å². The molecular weight excluding hydrogens is 298 g/mol. The molecule has 0 bridgehead atoms. The fourth-order valence-electron chi connectivity index (χ4n) is 2.23. The highest BCUT2D eigenvalue weighted by atomic mass is 35.5. The molecule has 0 amide bonds. The van der Waals surface area contributed by atoms with Crippen LogP contribution in [-0.2, 0) is 0 Å². The molecule has 0 spiro atoms. The number of rotatable bonds is 6. The van der Waals surface area contributed by atoms with Gasteiger partial charge in [-0.1, -0.05) is 35.9 Å². The summed E-state index contributed by atoms with van der Waals surface area (Å²) in [5.74, 6) is 1.10. The Labute approximate surface area is 136 Å². The normalized spacial score (nSPS) is 11.5. The molecule has 0 saturated heterocycles. The van der Waals surface area contributed by atoms with Crippen LogP contribution >= 0.6 is 11.6 Å². The highest BCUT2D eigenvalue weighted by Crippen LogP contribution is 2.30. The Morgan fingerprint density at radius 3 is 2.64 bits per heavy atom. The highest BCUT2D eigenvalue weighted by Gasteiger charge is 2.14. The van der Waals surface area contributed by atoms with Gasteiger partial charge in [0.2, 0.25) is 0 Å². The van der Waals surface area contributed by atoms with Crippen molar-refractivity contribution >= 4 is 11.6 Å². The Bertz CT molecular complexity index is 679. The summed E-state index contributed by atoms with van der Waals surface area (Å²) in [6.45, 7) is 2.41. The molecule has 114 valence electrons. The van der Waals surface area contributed by atoms with E-state index in [-0.39, 0.29) is 5.92 Å². The maximum atomic E-state index is 9.35. The minimum atomic E-state index is -0.287. The fourth-order valence-corrected chi connectivity index (χ4v) is 2.50. The molecule has 1 unspecified atom stereocenters. The van der Waals surface area contributed by atoms with Crippen molar-refractivity contribution in [2.75, 3.05) is 13.7 Å². The molecular formula is C18H18ClNO2. The van der Waals surface area contributed by atoms with E-state index < -0.39 is 0 Å². The Hall–Kier alpha value is -2.18. The number of nitrogens with zero attached hydrogens (tertiary/aromatic N) is 1. The lowest BCUT2D eigenvalue weighted by Gasteiger charge is -2.14. The molecule has 0 saturated carbocycles. The first kappa shape index (κ1) is 16.2. The van der Waals surface area contributed by atoms with Crippen LogP contribution in [0.15, 0.2) is 42.5 Å². The Kier molecular flexibility index (Phi) is 5.68. The van der Waals surface area contributed by atoms with Crippen LogP contribution in [0.4, 0.5) is 0 Å². The molecule has 0 radical (unpaired) electrons. The molecule has 2 aromatic carbocycles. The van der Waals surface area contributed by atoms with Gasteiger partial charge in [0.1, 0.15) is 0 Å². The molecule has 0 fully saturated rings. The van der Waals surface area contributed by atoms with E-state index >= 15 is 0 Å². The zero-order valence-corrected chi connectivity index (χ0v) is 13.4. The van der Waals surface area contributed by atoms with E-state index in [1.54, 1.807) is 13.2 Å². The monoisotopic (exact) mass is 315 g/mol. The third-order valence-electron chi connectivity index (χ3n) is 3.42. The SMILES string of the molecule is COc1cc(C)ccc1OCCC(C#N)c1ccccc1Cl. The van der Waals surface area contributed by atoms with Crippen LogP contribution in [0.25, 0.3) is 0 Å². The van der Waals surface area contributed by atoms with Crippen molar-refractivity contribution in [3.8, 4) is 17.6 Å². The molecule has 0 aliphatic rings. The summed E-state index contributed by atoms with van der Waals surface area (Å²) in [6, 6.07) is 15.5. The average Bonchev–Trinajstić information content (AvgIpc) is 2.53. The van der Waals surface area contributed by atoms with Gasteiger partial charge in [-0.25, -0.2) is 0 Å². The third kappa shape index (κ3) is 3.93. The fraction of sp³-hybridized carbons (Fsp3) is 0.278. The van der Waals surface area contributed by atoms with E-state index in [1.165, 1.54) is 0 Å². The number of halogens is 1. The molecule has 3 nitrogen and oxygen atoms in total. The van der Waals surface area contributed by atoms with Gasteiger partial charge < -0.3 is 9.47 Å². The second-order valence-corrected chi connectivity index (χ2v) is 5.40. The van der Waals surface area contributed by atoms with Crippen molar-refractivity contribution in [3.05, 3.63) is 58.6 Å². The number of methoxy groups -OCH3 is 1. The molecule has 2 aromatic rings. The van der Waals surface area contributed by atoms with Gasteiger partial charge in [0.25, 0.3) is 0 Å². The van der Waals surface area contributed by atoms with Gasteiger partial charge in [0.15, 0.2) is 11.5 Å². The predicted molar refractivity (Wildman–Crippen MR) is 87.6 cm³/mol. The lowest BCUT2D eigenvalue weighted by molar-refractivity contribution is 0.285. The summed E-state index contributed by atoms with van der Waals surface area (Å²) in [6.07, 6.45) is 0.567. The van der Waals surface area contributed by atoms with Gasteiger partial charge in [-0.05, 0) is 36.2 Å². The Morgan fingerprint density at radius 1 is 1.18 bits per heavy atom. The number of hydrogen-bond acceptors (Lipinski definition) is 3. The van der Waals surface area contributed by atoms with E-state index in [2.05, 4.69) is 6.07 Å². The van der Waals surface area contributed by atoms with Gasteiger partial charge in [0, 0.05) is 11.4 Å². The molecule has 0 N–H and O–H groups in total. The summed E-state index contributed by atoms with van der Waals surface area (Å²) in [7, 11) is 1.61. The second-order valence-electron chi connectivity index (χ2n) is 4.99. The summed E-state index contributed by atoms with van der Waals surface area (Å²) in [5, 5.41) is 9.96. The minimum Gasteiger partial charge on any atom is -0.493 e. The molecule has 0 aromatic heterocycles. The van der Waals surface area contributed by atoms with E-state index in [4.69, 9.17) is 21.1 Å². The first-order chi connectivity index (χ1) is 10.7. The first-order valence-corrected chi connectivity index (χ1v) is 7.45. The van der Waals surface area contributed by atoms with Crippen LogP contribution in [0.2, 0.25) is 5.02 Å². The molecule has 4 heteroatoms. The minimum absolute atomic E-state index is 0.287. The van der Waals surface area contributed by atoms with Crippen molar-refractivity contribution in [2.45, 2.75) is 19.3 Å². The number of nitriles is 1. The maximum Gasteiger partial charge on any atom is 0.161 e. The largest absolute Gasteiger partial charge is 0.493 e. The van der Waals surface area contributed by atoms with Crippen LogP contribution in [0.5, 0.6) is 11.5 Å². The van der Waals surface area contributed by atoms with Gasteiger partial charge in [-0.3, -0.25) is 0 Å². The number of aryl methyl sites for hydroxylation is 1. The molecule has 0 aliphatic carbocycles. The molecule has 0 heterocycles. The lowest BCUT2D eigenvalue weighted by atomic mass is 9.98. The zero-order chi connectivity index (χ0) is 15.9. The number of hydrogen-bond donors (Lipinski definition) is 0.